The van der Waals surface area contributed by atoms with Crippen LogP contribution in [-0.2, 0) is 19.3 Å². The largest absolute Gasteiger partial charge is 0.298 e. The molecular weight excluding hydrogens is 156 g/mol. The highest BCUT2D eigenvalue weighted by Crippen LogP contribution is 2.16. The third kappa shape index (κ3) is 2.24. The van der Waals surface area contributed by atoms with E-state index in [1.807, 2.05) is 0 Å². The fraction of sp³-hybridized carbons (Fsp3) is 1.00. The third-order valence-electron chi connectivity index (χ3n) is 0.908. The van der Waals surface area contributed by atoms with E-state index in [4.69, 9.17) is 0 Å². The molecule has 0 radical (unpaired) electrons. The van der Waals surface area contributed by atoms with Gasteiger partial charge < -0.3 is 0 Å². The van der Waals surface area contributed by atoms with Crippen molar-refractivity contribution in [3.05, 3.63) is 0 Å². The van der Waals surface area contributed by atoms with Gasteiger partial charge in [-0.2, -0.15) is 8.42 Å². The molecule has 0 aliphatic carbocycles. The van der Waals surface area contributed by atoms with Gasteiger partial charge in [0.05, 0.1) is 11.9 Å². The molecule has 0 aliphatic heterocycles. The predicted molar refractivity (Wildman–Crippen MR) is 36.8 cm³/mol. The van der Waals surface area contributed by atoms with E-state index < -0.39 is 14.9 Å². The first kappa shape index (κ1) is 9.87. The van der Waals surface area contributed by atoms with E-state index in [0.29, 0.717) is 0 Å². The van der Waals surface area contributed by atoms with Gasteiger partial charge in [0, 0.05) is 0 Å². The SMILES string of the molecule is COOS(=O)(=O)C(C)(C)C. The van der Waals surface area contributed by atoms with E-state index in [9.17, 15) is 8.42 Å². The van der Waals surface area contributed by atoms with Crippen LogP contribution in [0, 0.1) is 0 Å². The van der Waals surface area contributed by atoms with Gasteiger partial charge in [0.25, 0.3) is 10.1 Å². The average Bonchev–Trinajstić information content (AvgIpc) is 1.61. The van der Waals surface area contributed by atoms with Crippen LogP contribution in [0.3, 0.4) is 0 Å². The summed E-state index contributed by atoms with van der Waals surface area (Å²) in [5.41, 5.74) is 0. The molecule has 0 amide bonds. The van der Waals surface area contributed by atoms with E-state index in [-0.39, 0.29) is 0 Å². The zero-order valence-corrected chi connectivity index (χ0v) is 7.36. The van der Waals surface area contributed by atoms with Gasteiger partial charge >= 0.3 is 0 Å². The van der Waals surface area contributed by atoms with Crippen LogP contribution in [-0.4, -0.2) is 20.3 Å². The molecule has 0 unspecified atom stereocenters. The van der Waals surface area contributed by atoms with Crippen molar-refractivity contribution < 1.29 is 17.6 Å². The minimum atomic E-state index is -3.57. The molecule has 0 aliphatic rings. The van der Waals surface area contributed by atoms with Gasteiger partial charge in [-0.05, 0) is 20.8 Å². The van der Waals surface area contributed by atoms with E-state index >= 15 is 0 Å². The lowest BCUT2D eigenvalue weighted by molar-refractivity contribution is -0.173. The van der Waals surface area contributed by atoms with Gasteiger partial charge in [0.15, 0.2) is 0 Å². The summed E-state index contributed by atoms with van der Waals surface area (Å²) in [7, 11) is -2.41. The van der Waals surface area contributed by atoms with E-state index in [1.165, 1.54) is 20.8 Å². The Bertz CT molecular complexity index is 186. The Balaban J connectivity index is 4.44. The molecule has 0 bridgehead atoms. The van der Waals surface area contributed by atoms with E-state index in [1.54, 1.807) is 0 Å². The van der Waals surface area contributed by atoms with Crippen LogP contribution in [0.4, 0.5) is 0 Å². The summed E-state index contributed by atoms with van der Waals surface area (Å²) in [6, 6.07) is 0. The molecule has 0 N–H and O–H groups in total. The summed E-state index contributed by atoms with van der Waals surface area (Å²) in [5, 5.41) is 0. The van der Waals surface area contributed by atoms with E-state index in [2.05, 4.69) is 9.22 Å². The fourth-order valence-electron chi connectivity index (χ4n) is 0.192. The lowest BCUT2D eigenvalue weighted by atomic mass is 10.3. The Hall–Kier alpha value is -0.130. The van der Waals surface area contributed by atoms with Crippen molar-refractivity contribution in [3.8, 4) is 0 Å². The van der Waals surface area contributed by atoms with Gasteiger partial charge in [-0.25, -0.2) is 4.89 Å². The zero-order chi connectivity index (χ0) is 8.41. The predicted octanol–water partition coefficient (Wildman–Crippen LogP) is 0.693. The van der Waals surface area contributed by atoms with Crippen LogP contribution in [0.25, 0.3) is 0 Å². The van der Waals surface area contributed by atoms with Gasteiger partial charge in [0.2, 0.25) is 0 Å². The van der Waals surface area contributed by atoms with Crippen LogP contribution in [0.2, 0.25) is 0 Å². The van der Waals surface area contributed by atoms with Crippen molar-refractivity contribution >= 4 is 10.1 Å². The van der Waals surface area contributed by atoms with Gasteiger partial charge in [-0.15, -0.1) is 4.33 Å². The topological polar surface area (TPSA) is 52.6 Å². The molecule has 0 atom stereocenters. The van der Waals surface area contributed by atoms with Crippen LogP contribution < -0.4 is 0 Å². The molecule has 0 heterocycles. The van der Waals surface area contributed by atoms with Crippen molar-refractivity contribution in [2.75, 3.05) is 7.11 Å². The van der Waals surface area contributed by atoms with E-state index in [0.717, 1.165) is 7.11 Å². The van der Waals surface area contributed by atoms with Crippen LogP contribution in [0.15, 0.2) is 0 Å². The van der Waals surface area contributed by atoms with Crippen molar-refractivity contribution in [1.82, 2.24) is 0 Å². The molecule has 62 valence electrons. The molecule has 0 saturated heterocycles. The summed E-state index contributed by atoms with van der Waals surface area (Å²) in [4.78, 5) is 4.05. The lowest BCUT2D eigenvalue weighted by Gasteiger charge is -2.15. The maximum absolute atomic E-state index is 10.9. The third-order valence-corrected chi connectivity index (χ3v) is 2.72. The Kier molecular flexibility index (Phi) is 2.82. The van der Waals surface area contributed by atoms with Crippen LogP contribution >= 0.6 is 0 Å². The second-order valence-corrected chi connectivity index (χ2v) is 5.07. The Morgan fingerprint density at radius 1 is 1.20 bits per heavy atom. The molecule has 0 fully saturated rings. The molecule has 0 rings (SSSR count). The highest BCUT2D eigenvalue weighted by atomic mass is 32.2. The van der Waals surface area contributed by atoms with Gasteiger partial charge in [0.1, 0.15) is 0 Å². The average molecular weight is 168 g/mol. The molecule has 10 heavy (non-hydrogen) atoms. The Labute approximate surface area is 61.2 Å². The van der Waals surface area contributed by atoms with Crippen molar-refractivity contribution in [1.29, 1.82) is 0 Å². The fourth-order valence-corrected chi connectivity index (χ4v) is 0.575. The second kappa shape index (κ2) is 2.86. The first-order valence-electron chi connectivity index (χ1n) is 2.78. The van der Waals surface area contributed by atoms with Gasteiger partial charge in [-0.3, -0.25) is 0 Å². The Morgan fingerprint density at radius 3 is 1.70 bits per heavy atom. The van der Waals surface area contributed by atoms with Crippen molar-refractivity contribution in [2.24, 2.45) is 0 Å². The smallest absolute Gasteiger partial charge is 0.223 e. The summed E-state index contributed by atoms with van der Waals surface area (Å²) in [5.74, 6) is 0. The van der Waals surface area contributed by atoms with Crippen LogP contribution in [0.1, 0.15) is 20.8 Å². The number of hydrogen-bond donors (Lipinski definition) is 0. The molecule has 0 aromatic carbocycles. The number of rotatable bonds is 2. The molecule has 5 heteroatoms. The molecular formula is C5H12O4S. The lowest BCUT2D eigenvalue weighted by Crippen LogP contribution is -2.29. The second-order valence-electron chi connectivity index (χ2n) is 2.80. The minimum absolute atomic E-state index is 0.928. The molecule has 0 aromatic heterocycles. The summed E-state index contributed by atoms with van der Waals surface area (Å²) in [6.07, 6.45) is 0. The summed E-state index contributed by atoms with van der Waals surface area (Å²) < 4.78 is 24.9. The van der Waals surface area contributed by atoms with Gasteiger partial charge in [-0.1, -0.05) is 0 Å². The molecule has 0 aromatic rings. The highest BCUT2D eigenvalue weighted by Gasteiger charge is 2.30. The van der Waals surface area contributed by atoms with Crippen LogP contribution in [0.5, 0.6) is 0 Å². The monoisotopic (exact) mass is 168 g/mol. The maximum atomic E-state index is 10.9. The van der Waals surface area contributed by atoms with Crippen molar-refractivity contribution in [2.45, 2.75) is 25.5 Å². The van der Waals surface area contributed by atoms with Crippen molar-refractivity contribution in [3.63, 3.8) is 0 Å². The Morgan fingerprint density at radius 2 is 1.60 bits per heavy atom. The highest BCUT2D eigenvalue weighted by molar-refractivity contribution is 7.88. The first-order chi connectivity index (χ1) is 4.31. The standard InChI is InChI=1S/C5H12O4S/c1-5(2,3)10(6,7)9-8-4/h1-4H3. The molecule has 0 spiro atoms. The summed E-state index contributed by atoms with van der Waals surface area (Å²) >= 11 is 0. The normalized spacial score (nSPS) is 13.6. The zero-order valence-electron chi connectivity index (χ0n) is 6.54. The number of hydrogen-bond acceptors (Lipinski definition) is 4. The maximum Gasteiger partial charge on any atom is 0.298 e. The molecule has 0 saturated carbocycles. The quantitative estimate of drug-likeness (QED) is 0.449. The molecule has 4 nitrogen and oxygen atoms in total. The summed E-state index contributed by atoms with van der Waals surface area (Å²) in [6.45, 7) is 4.59. The first-order valence-corrected chi connectivity index (χ1v) is 4.19. The minimum Gasteiger partial charge on any atom is -0.223 e.